The maximum absolute atomic E-state index is 13.2. The molecule has 0 aromatic carbocycles. The molecule has 6 atom stereocenters. The average molecular weight is 359 g/mol. The van der Waals surface area contributed by atoms with Crippen LogP contribution in [0.1, 0.15) is 72.6 Å². The summed E-state index contributed by atoms with van der Waals surface area (Å²) >= 11 is 0. The summed E-state index contributed by atoms with van der Waals surface area (Å²) < 4.78 is 5.23. The van der Waals surface area contributed by atoms with Crippen molar-refractivity contribution in [3.05, 3.63) is 11.6 Å². The van der Waals surface area contributed by atoms with Gasteiger partial charge in [-0.2, -0.15) is 0 Å². The third kappa shape index (κ3) is 2.12. The first-order valence-corrected chi connectivity index (χ1v) is 10.5. The molecular weight excluding hydrogens is 324 g/mol. The predicted molar refractivity (Wildman–Crippen MR) is 101 cm³/mol. The highest BCUT2D eigenvalue weighted by atomic mass is 16.5. The number of rotatable bonds is 2. The highest BCUT2D eigenvalue weighted by molar-refractivity contribution is 5.90. The van der Waals surface area contributed by atoms with Crippen LogP contribution < -0.4 is 0 Å². The van der Waals surface area contributed by atoms with Gasteiger partial charge in [0.05, 0.1) is 17.9 Å². The van der Waals surface area contributed by atoms with Crippen LogP contribution in [0.4, 0.5) is 0 Å². The molecule has 2 bridgehead atoms. The Morgan fingerprint density at radius 2 is 1.92 bits per heavy atom. The van der Waals surface area contributed by atoms with Crippen LogP contribution in [0, 0.1) is 39.9 Å². The Labute approximate surface area is 157 Å². The second-order valence-corrected chi connectivity index (χ2v) is 10.3. The van der Waals surface area contributed by atoms with Gasteiger partial charge >= 0.3 is 5.97 Å². The fourth-order valence-corrected chi connectivity index (χ4v) is 7.76. The van der Waals surface area contributed by atoms with Crippen LogP contribution in [-0.2, 0) is 14.3 Å². The summed E-state index contributed by atoms with van der Waals surface area (Å²) in [5.74, 6) is 2.12. The van der Waals surface area contributed by atoms with E-state index in [0.717, 1.165) is 44.9 Å². The lowest BCUT2D eigenvalue weighted by Gasteiger charge is -2.65. The van der Waals surface area contributed by atoms with Gasteiger partial charge in [-0.15, -0.1) is 0 Å². The van der Waals surface area contributed by atoms with Crippen LogP contribution in [0.2, 0.25) is 0 Å². The smallest absolute Gasteiger partial charge is 0.311 e. The Morgan fingerprint density at radius 3 is 2.58 bits per heavy atom. The van der Waals surface area contributed by atoms with E-state index in [4.69, 9.17) is 4.74 Å². The molecule has 26 heavy (non-hydrogen) atoms. The van der Waals surface area contributed by atoms with E-state index in [1.807, 2.05) is 0 Å². The molecule has 3 fully saturated rings. The molecule has 144 valence electrons. The fraction of sp³-hybridized carbons (Fsp3) is 0.826. The van der Waals surface area contributed by atoms with Crippen molar-refractivity contribution in [3.8, 4) is 0 Å². The van der Waals surface area contributed by atoms with E-state index >= 15 is 0 Å². The van der Waals surface area contributed by atoms with E-state index < -0.39 is 5.41 Å². The van der Waals surface area contributed by atoms with Crippen molar-refractivity contribution in [2.24, 2.45) is 39.9 Å². The molecule has 5 aliphatic carbocycles. The second kappa shape index (κ2) is 5.69. The Kier molecular flexibility index (Phi) is 3.99. The van der Waals surface area contributed by atoms with Gasteiger partial charge in [-0.25, -0.2) is 0 Å². The van der Waals surface area contributed by atoms with Crippen molar-refractivity contribution in [1.29, 1.82) is 0 Å². The summed E-state index contributed by atoms with van der Waals surface area (Å²) in [4.78, 5) is 25.9. The van der Waals surface area contributed by atoms with Crippen LogP contribution in [0.3, 0.4) is 0 Å². The monoisotopic (exact) mass is 358 g/mol. The molecule has 3 nitrogen and oxygen atoms in total. The number of ether oxygens (including phenoxy) is 1. The van der Waals surface area contributed by atoms with Gasteiger partial charge in [-0.3, -0.25) is 9.59 Å². The first kappa shape index (κ1) is 18.3. The number of fused-ring (bicyclic) bond motifs is 2. The number of carbonyl (C=O) groups is 2. The minimum Gasteiger partial charge on any atom is -0.469 e. The van der Waals surface area contributed by atoms with Gasteiger partial charge in [0.25, 0.3) is 0 Å². The Balaban J connectivity index is 1.79. The number of hydrogen-bond donors (Lipinski definition) is 0. The van der Waals surface area contributed by atoms with Crippen molar-refractivity contribution >= 4 is 11.8 Å². The third-order valence-electron chi connectivity index (χ3n) is 8.93. The summed E-state index contributed by atoms with van der Waals surface area (Å²) in [6.07, 6.45) is 9.31. The number of esters is 1. The molecule has 3 heteroatoms. The molecule has 0 N–H and O–H groups in total. The first-order chi connectivity index (χ1) is 12.2. The van der Waals surface area contributed by atoms with Crippen molar-refractivity contribution in [2.45, 2.75) is 72.6 Å². The standard InChI is InChI=1S/C23H34O3/c1-14(2)16-13-23-10-7-17-21(3,18(23)11-15(16)12-19(23)24)8-6-9-22(17,4)20(25)26-5/h13-15,17-18H,6-12H2,1-5H3/t15-,17?,18?,21-,22+,23-/m0/s1. The number of methoxy groups -OCH3 is 1. The SMILES string of the molecule is COC(=O)[C@]1(C)CCC[C@@]2(C)C1CC[C@@]13C=C(C(C)C)[C@H](CC1=O)CC23. The van der Waals surface area contributed by atoms with Crippen molar-refractivity contribution < 1.29 is 14.3 Å². The third-order valence-corrected chi connectivity index (χ3v) is 8.93. The molecule has 0 aromatic heterocycles. The summed E-state index contributed by atoms with van der Waals surface area (Å²) in [6, 6.07) is 0. The molecule has 1 spiro atoms. The summed E-state index contributed by atoms with van der Waals surface area (Å²) in [7, 11) is 1.52. The van der Waals surface area contributed by atoms with Crippen LogP contribution in [0.25, 0.3) is 0 Å². The molecule has 2 unspecified atom stereocenters. The minimum absolute atomic E-state index is 0.0462. The van der Waals surface area contributed by atoms with Crippen molar-refractivity contribution in [2.75, 3.05) is 7.11 Å². The number of Topliss-reactive ketones (excluding diaryl/α,β-unsaturated/α-hetero) is 1. The molecule has 0 aliphatic heterocycles. The van der Waals surface area contributed by atoms with Gasteiger partial charge in [0, 0.05) is 6.42 Å². The normalized spacial score (nSPS) is 47.2. The Bertz CT molecular complexity index is 677. The highest BCUT2D eigenvalue weighted by Gasteiger charge is 2.67. The summed E-state index contributed by atoms with van der Waals surface area (Å²) in [6.45, 7) is 9.05. The zero-order chi connectivity index (χ0) is 18.9. The molecule has 5 aliphatic rings. The van der Waals surface area contributed by atoms with Gasteiger partial charge < -0.3 is 4.74 Å². The van der Waals surface area contributed by atoms with E-state index in [0.29, 0.717) is 29.5 Å². The average Bonchev–Trinajstić information content (AvgIpc) is 2.60. The van der Waals surface area contributed by atoms with Crippen molar-refractivity contribution in [3.63, 3.8) is 0 Å². The molecule has 0 heterocycles. The van der Waals surface area contributed by atoms with Gasteiger partial charge in [0.1, 0.15) is 5.78 Å². The zero-order valence-electron chi connectivity index (χ0n) is 17.1. The van der Waals surface area contributed by atoms with E-state index in [2.05, 4.69) is 33.8 Å². The lowest BCUT2D eigenvalue weighted by molar-refractivity contribution is -0.185. The largest absolute Gasteiger partial charge is 0.469 e. The van der Waals surface area contributed by atoms with E-state index in [9.17, 15) is 9.59 Å². The van der Waals surface area contributed by atoms with Crippen LogP contribution in [0.15, 0.2) is 11.6 Å². The molecule has 0 radical (unpaired) electrons. The molecule has 0 saturated heterocycles. The topological polar surface area (TPSA) is 43.4 Å². The number of carbonyl (C=O) groups excluding carboxylic acids is 2. The van der Waals surface area contributed by atoms with E-state index in [1.165, 1.54) is 12.7 Å². The predicted octanol–water partition coefficient (Wildman–Crippen LogP) is 4.94. The van der Waals surface area contributed by atoms with E-state index in [-0.39, 0.29) is 16.8 Å². The first-order valence-electron chi connectivity index (χ1n) is 10.5. The Hall–Kier alpha value is -1.12. The lowest BCUT2D eigenvalue weighted by Crippen LogP contribution is -2.63. The number of allylic oxidation sites excluding steroid dienone is 2. The lowest BCUT2D eigenvalue weighted by atomic mass is 9.37. The summed E-state index contributed by atoms with van der Waals surface area (Å²) in [5, 5.41) is 0. The number of hydrogen-bond acceptors (Lipinski definition) is 3. The van der Waals surface area contributed by atoms with Crippen LogP contribution in [0.5, 0.6) is 0 Å². The molecule has 0 amide bonds. The van der Waals surface area contributed by atoms with Gasteiger partial charge in [0.15, 0.2) is 0 Å². The van der Waals surface area contributed by atoms with E-state index in [1.54, 1.807) is 0 Å². The molecule has 0 aromatic rings. The maximum atomic E-state index is 13.2. The second-order valence-electron chi connectivity index (χ2n) is 10.3. The minimum atomic E-state index is -0.395. The quantitative estimate of drug-likeness (QED) is 0.518. The highest BCUT2D eigenvalue weighted by Crippen LogP contribution is 2.70. The van der Waals surface area contributed by atoms with Gasteiger partial charge in [0.2, 0.25) is 0 Å². The number of ketones is 1. The van der Waals surface area contributed by atoms with Crippen molar-refractivity contribution in [1.82, 2.24) is 0 Å². The van der Waals surface area contributed by atoms with Crippen LogP contribution >= 0.6 is 0 Å². The molecule has 3 saturated carbocycles. The fourth-order valence-electron chi connectivity index (χ4n) is 7.76. The maximum Gasteiger partial charge on any atom is 0.311 e. The van der Waals surface area contributed by atoms with Gasteiger partial charge in [-0.1, -0.05) is 38.8 Å². The van der Waals surface area contributed by atoms with Crippen LogP contribution in [-0.4, -0.2) is 18.9 Å². The molecule has 5 rings (SSSR count). The Morgan fingerprint density at radius 1 is 1.19 bits per heavy atom. The summed E-state index contributed by atoms with van der Waals surface area (Å²) in [5.41, 5.74) is 0.934. The zero-order valence-corrected chi connectivity index (χ0v) is 17.1. The molecular formula is C23H34O3. The van der Waals surface area contributed by atoms with Gasteiger partial charge in [-0.05, 0) is 68.1 Å².